The lowest BCUT2D eigenvalue weighted by Crippen LogP contribution is -2.31. The van der Waals surface area contributed by atoms with Crippen molar-refractivity contribution in [3.63, 3.8) is 0 Å². The van der Waals surface area contributed by atoms with Crippen LogP contribution >= 0.6 is 0 Å². The lowest BCUT2D eigenvalue weighted by molar-refractivity contribution is -0.138. The van der Waals surface area contributed by atoms with Crippen LogP contribution in [0.4, 0.5) is 4.39 Å². The first kappa shape index (κ1) is 18.6. The average Bonchev–Trinajstić information content (AvgIpc) is 3.47. The molecule has 3 N–H and O–H groups in total. The summed E-state index contributed by atoms with van der Waals surface area (Å²) in [5, 5.41) is 14.8. The largest absolute Gasteiger partial charge is 0.481 e. The maximum absolute atomic E-state index is 13.0. The van der Waals surface area contributed by atoms with Crippen LogP contribution in [0, 0.1) is 5.82 Å². The molecule has 1 atom stereocenters. The number of hydrogen-bond donors (Lipinski definition) is 3. The number of aliphatic carboxylic acids is 1. The van der Waals surface area contributed by atoms with Crippen molar-refractivity contribution in [3.8, 4) is 0 Å². The topological polar surface area (TPSA) is 95.5 Å². The summed E-state index contributed by atoms with van der Waals surface area (Å²) in [6.45, 7) is -0.135. The number of carboxylic acids is 1. The maximum Gasteiger partial charge on any atom is 0.312 e. The van der Waals surface area contributed by atoms with Gasteiger partial charge in [0.1, 0.15) is 5.82 Å². The number of halogens is 1. The lowest BCUT2D eigenvalue weighted by Gasteiger charge is -2.14. The predicted molar refractivity (Wildman–Crippen MR) is 96.0 cm³/mol. The molecule has 0 heterocycles. The summed E-state index contributed by atoms with van der Waals surface area (Å²) in [6.07, 6.45) is 1.98. The third-order valence-electron chi connectivity index (χ3n) is 4.36. The fourth-order valence-electron chi connectivity index (χ4n) is 2.61. The summed E-state index contributed by atoms with van der Waals surface area (Å²) in [5.74, 6) is -3.19. The van der Waals surface area contributed by atoms with E-state index in [4.69, 9.17) is 0 Å². The van der Waals surface area contributed by atoms with Gasteiger partial charge in [-0.2, -0.15) is 0 Å². The van der Waals surface area contributed by atoms with Gasteiger partial charge >= 0.3 is 5.97 Å². The second-order valence-corrected chi connectivity index (χ2v) is 6.48. The zero-order valence-electron chi connectivity index (χ0n) is 14.4. The molecule has 0 saturated heterocycles. The van der Waals surface area contributed by atoms with Gasteiger partial charge < -0.3 is 15.7 Å². The van der Waals surface area contributed by atoms with Crippen LogP contribution in [-0.2, 0) is 4.79 Å². The highest BCUT2D eigenvalue weighted by molar-refractivity contribution is 5.98. The first-order chi connectivity index (χ1) is 12.9. The van der Waals surface area contributed by atoms with Crippen molar-refractivity contribution >= 4 is 17.8 Å². The normalized spacial score (nSPS) is 14.3. The summed E-state index contributed by atoms with van der Waals surface area (Å²) in [5.41, 5.74) is 1.19. The molecule has 2 aromatic rings. The molecule has 0 bridgehead atoms. The molecule has 0 aromatic heterocycles. The molecule has 1 aliphatic carbocycles. The van der Waals surface area contributed by atoms with Crippen molar-refractivity contribution in [1.29, 1.82) is 0 Å². The summed E-state index contributed by atoms with van der Waals surface area (Å²) >= 11 is 0. The highest BCUT2D eigenvalue weighted by Gasteiger charge is 2.24. The fourth-order valence-corrected chi connectivity index (χ4v) is 2.61. The number of carbonyl (C=O) groups excluding carboxylic acids is 2. The van der Waals surface area contributed by atoms with E-state index in [0.717, 1.165) is 12.8 Å². The third kappa shape index (κ3) is 4.91. The molecule has 1 fully saturated rings. The molecule has 3 rings (SSSR count). The van der Waals surface area contributed by atoms with Gasteiger partial charge in [0.25, 0.3) is 11.8 Å². The molecular formula is C20H19FN2O4. The second kappa shape index (κ2) is 7.99. The number of carboxylic acid groups (broad SMARTS) is 1. The molecule has 140 valence electrons. The van der Waals surface area contributed by atoms with E-state index in [1.165, 1.54) is 36.4 Å². The monoisotopic (exact) mass is 370 g/mol. The van der Waals surface area contributed by atoms with E-state index >= 15 is 0 Å². The Morgan fingerprint density at radius 2 is 1.52 bits per heavy atom. The van der Waals surface area contributed by atoms with Crippen molar-refractivity contribution in [2.75, 3.05) is 6.54 Å². The van der Waals surface area contributed by atoms with Crippen LogP contribution in [-0.4, -0.2) is 35.5 Å². The van der Waals surface area contributed by atoms with Crippen LogP contribution in [0.15, 0.2) is 48.5 Å². The van der Waals surface area contributed by atoms with Crippen LogP contribution < -0.4 is 10.6 Å². The van der Waals surface area contributed by atoms with Gasteiger partial charge in [0, 0.05) is 23.7 Å². The molecule has 0 aliphatic heterocycles. The van der Waals surface area contributed by atoms with Gasteiger partial charge in [0.05, 0.1) is 5.92 Å². The predicted octanol–water partition coefficient (Wildman–Crippen LogP) is 2.32. The van der Waals surface area contributed by atoms with Crippen molar-refractivity contribution in [2.24, 2.45) is 0 Å². The maximum atomic E-state index is 13.0. The summed E-state index contributed by atoms with van der Waals surface area (Å²) in [4.78, 5) is 35.7. The first-order valence-corrected chi connectivity index (χ1v) is 8.61. The molecule has 7 heteroatoms. The SMILES string of the molecule is O=C(NCC(C(=O)O)c1ccc(F)cc1)c1ccc(C(=O)NC2CC2)cc1. The number of carbonyl (C=O) groups is 3. The van der Waals surface area contributed by atoms with Crippen LogP contribution in [0.25, 0.3) is 0 Å². The Bertz CT molecular complexity index is 845. The van der Waals surface area contributed by atoms with Gasteiger partial charge in [0.2, 0.25) is 0 Å². The van der Waals surface area contributed by atoms with E-state index in [9.17, 15) is 23.9 Å². The Kier molecular flexibility index (Phi) is 5.49. The molecule has 2 amide bonds. The Balaban J connectivity index is 1.60. The summed E-state index contributed by atoms with van der Waals surface area (Å²) in [6, 6.07) is 11.5. The van der Waals surface area contributed by atoms with Gasteiger partial charge in [-0.3, -0.25) is 14.4 Å². The zero-order valence-corrected chi connectivity index (χ0v) is 14.4. The average molecular weight is 370 g/mol. The highest BCUT2D eigenvalue weighted by Crippen LogP contribution is 2.19. The summed E-state index contributed by atoms with van der Waals surface area (Å²) < 4.78 is 13.0. The standard InChI is InChI=1S/C20H19FN2O4/c21-15-7-5-12(6-8-15)17(20(26)27)11-22-18(24)13-1-3-14(4-2-13)19(25)23-16-9-10-16/h1-8,16-17H,9-11H2,(H,22,24)(H,23,25)(H,26,27). The van der Waals surface area contributed by atoms with E-state index in [1.54, 1.807) is 12.1 Å². The smallest absolute Gasteiger partial charge is 0.312 e. The van der Waals surface area contributed by atoms with Crippen molar-refractivity contribution in [2.45, 2.75) is 24.8 Å². The van der Waals surface area contributed by atoms with Crippen molar-refractivity contribution < 1.29 is 23.9 Å². The molecular weight excluding hydrogens is 351 g/mol. The third-order valence-corrected chi connectivity index (χ3v) is 4.36. The number of hydrogen-bond acceptors (Lipinski definition) is 3. The van der Waals surface area contributed by atoms with Gasteiger partial charge in [-0.05, 0) is 54.8 Å². The minimum absolute atomic E-state index is 0.135. The minimum atomic E-state index is -1.12. The Morgan fingerprint density at radius 3 is 2.04 bits per heavy atom. The van der Waals surface area contributed by atoms with E-state index < -0.39 is 23.6 Å². The highest BCUT2D eigenvalue weighted by atomic mass is 19.1. The van der Waals surface area contributed by atoms with Crippen LogP contribution in [0.1, 0.15) is 45.0 Å². The molecule has 1 saturated carbocycles. The van der Waals surface area contributed by atoms with Gasteiger partial charge in [0.15, 0.2) is 0 Å². The number of nitrogens with one attached hydrogen (secondary N) is 2. The molecule has 2 aromatic carbocycles. The van der Waals surface area contributed by atoms with E-state index in [1.807, 2.05) is 0 Å². The molecule has 0 spiro atoms. The molecule has 27 heavy (non-hydrogen) atoms. The minimum Gasteiger partial charge on any atom is -0.481 e. The Labute approximate surface area is 155 Å². The van der Waals surface area contributed by atoms with Crippen molar-refractivity contribution in [1.82, 2.24) is 10.6 Å². The lowest BCUT2D eigenvalue weighted by atomic mass is 9.99. The fraction of sp³-hybridized carbons (Fsp3) is 0.250. The van der Waals surface area contributed by atoms with Crippen LogP contribution in [0.5, 0.6) is 0 Å². The Morgan fingerprint density at radius 1 is 0.963 bits per heavy atom. The van der Waals surface area contributed by atoms with Crippen LogP contribution in [0.3, 0.4) is 0 Å². The van der Waals surface area contributed by atoms with E-state index in [2.05, 4.69) is 10.6 Å². The first-order valence-electron chi connectivity index (χ1n) is 8.61. The van der Waals surface area contributed by atoms with Crippen molar-refractivity contribution in [3.05, 3.63) is 71.0 Å². The van der Waals surface area contributed by atoms with Crippen LogP contribution in [0.2, 0.25) is 0 Å². The zero-order chi connectivity index (χ0) is 19.4. The Hall–Kier alpha value is -3.22. The van der Waals surface area contributed by atoms with Gasteiger partial charge in [-0.1, -0.05) is 12.1 Å². The molecule has 1 aliphatic rings. The molecule has 0 radical (unpaired) electrons. The number of rotatable bonds is 7. The number of amides is 2. The van der Waals surface area contributed by atoms with E-state index in [0.29, 0.717) is 16.7 Å². The van der Waals surface area contributed by atoms with E-state index in [-0.39, 0.29) is 18.5 Å². The van der Waals surface area contributed by atoms with Gasteiger partial charge in [-0.25, -0.2) is 4.39 Å². The molecule has 1 unspecified atom stereocenters. The van der Waals surface area contributed by atoms with Gasteiger partial charge in [-0.15, -0.1) is 0 Å². The molecule has 6 nitrogen and oxygen atoms in total. The number of benzene rings is 2. The summed E-state index contributed by atoms with van der Waals surface area (Å²) in [7, 11) is 0. The second-order valence-electron chi connectivity index (χ2n) is 6.48. The quantitative estimate of drug-likeness (QED) is 0.697.